The minimum absolute atomic E-state index is 0.0259. The first kappa shape index (κ1) is 43.2. The number of amides is 2. The summed E-state index contributed by atoms with van der Waals surface area (Å²) in [6, 6.07) is -1.06. The number of aliphatic hydroxyl groups is 2. The van der Waals surface area contributed by atoms with Crippen LogP contribution >= 0.6 is 0 Å². The molecule has 0 heterocycles. The number of ether oxygens (including phenoxy) is 2. The topological polar surface area (TPSA) is 151 Å². The highest BCUT2D eigenvalue weighted by molar-refractivity contribution is 5.96. The van der Waals surface area contributed by atoms with Crippen molar-refractivity contribution in [3.05, 3.63) is 72.9 Å². The molecule has 0 aromatic carbocycles. The molecule has 0 aliphatic rings. The normalized spacial score (nSPS) is 12.8. The molecular weight excluding hydrogens is 600 g/mol. The summed E-state index contributed by atoms with van der Waals surface area (Å²) in [7, 11) is 0. The molecule has 0 spiro atoms. The van der Waals surface area contributed by atoms with Crippen molar-refractivity contribution >= 4 is 23.8 Å². The predicted octanol–water partition coefficient (Wildman–Crippen LogP) is 5.48. The second kappa shape index (κ2) is 32.2. The number of aliphatic hydroxyl groups excluding tert-OH is 2. The minimum atomic E-state index is -1.11. The number of unbranched alkanes of at least 4 members (excludes halogenated alkanes) is 4. The molecule has 0 rings (SSSR count). The molecule has 0 radical (unpaired) electrons. The molecule has 0 saturated carbocycles. The maximum absolute atomic E-state index is 12.5. The first-order valence-corrected chi connectivity index (χ1v) is 17.0. The molecule has 1 unspecified atom stereocenters. The average molecular weight is 659 g/mol. The highest BCUT2D eigenvalue weighted by Gasteiger charge is 2.24. The molecule has 0 saturated heterocycles. The lowest BCUT2D eigenvalue weighted by molar-refractivity contribution is -0.157. The van der Waals surface area contributed by atoms with Gasteiger partial charge in [-0.2, -0.15) is 0 Å². The Kier molecular flexibility index (Phi) is 29.6. The van der Waals surface area contributed by atoms with Crippen LogP contribution < -0.4 is 10.6 Å². The van der Waals surface area contributed by atoms with Crippen LogP contribution in [0.5, 0.6) is 0 Å². The minimum Gasteiger partial charge on any atom is -0.463 e. The summed E-state index contributed by atoms with van der Waals surface area (Å²) in [5.41, 5.74) is 0. The van der Waals surface area contributed by atoms with E-state index in [2.05, 4.69) is 78.3 Å². The molecule has 0 aromatic heterocycles. The maximum atomic E-state index is 12.5. The zero-order valence-electron chi connectivity index (χ0n) is 28.4. The largest absolute Gasteiger partial charge is 0.463 e. The SMILES string of the molecule is CCC=CCC=CCC=CCC=CCC=CCCCCCC(=O)NCCCCC(NC(=O)C=CC(=O)OCC)C(=O)OC(CO)CO. The van der Waals surface area contributed by atoms with Gasteiger partial charge in [-0.1, -0.05) is 74.1 Å². The second-order valence-electron chi connectivity index (χ2n) is 10.7. The Bertz CT molecular complexity index is 1030. The van der Waals surface area contributed by atoms with Gasteiger partial charge >= 0.3 is 11.9 Å². The van der Waals surface area contributed by atoms with Crippen molar-refractivity contribution in [3.8, 4) is 0 Å². The van der Waals surface area contributed by atoms with Gasteiger partial charge in [0.15, 0.2) is 0 Å². The Morgan fingerprint density at radius 3 is 1.87 bits per heavy atom. The lowest BCUT2D eigenvalue weighted by Crippen LogP contribution is -2.43. The fraction of sp³-hybridized carbons (Fsp3) is 0.568. The van der Waals surface area contributed by atoms with Crippen molar-refractivity contribution in [2.24, 2.45) is 0 Å². The zero-order chi connectivity index (χ0) is 34.8. The number of hydrogen-bond acceptors (Lipinski definition) is 8. The van der Waals surface area contributed by atoms with E-state index in [1.165, 1.54) is 0 Å². The second-order valence-corrected chi connectivity index (χ2v) is 10.7. The molecule has 0 bridgehead atoms. The first-order valence-electron chi connectivity index (χ1n) is 17.0. The third kappa shape index (κ3) is 28.2. The van der Waals surface area contributed by atoms with Crippen LogP contribution in [-0.2, 0) is 28.7 Å². The fourth-order valence-electron chi connectivity index (χ4n) is 4.06. The average Bonchev–Trinajstić information content (AvgIpc) is 3.06. The Balaban J connectivity index is 4.13. The monoisotopic (exact) mass is 658 g/mol. The first-order chi connectivity index (χ1) is 22.9. The van der Waals surface area contributed by atoms with Crippen molar-refractivity contribution in [3.63, 3.8) is 0 Å². The van der Waals surface area contributed by atoms with E-state index in [4.69, 9.17) is 9.47 Å². The number of allylic oxidation sites excluding steroid dienone is 10. The van der Waals surface area contributed by atoms with Crippen LogP contribution in [0.1, 0.15) is 97.3 Å². The Hall–Kier alpha value is -3.76. The molecular formula is C37H58N2O8. The lowest BCUT2D eigenvalue weighted by atomic mass is 10.1. The number of carbonyl (C=O) groups excluding carboxylic acids is 4. The molecule has 47 heavy (non-hydrogen) atoms. The van der Waals surface area contributed by atoms with Crippen molar-refractivity contribution in [1.82, 2.24) is 10.6 Å². The van der Waals surface area contributed by atoms with E-state index in [-0.39, 0.29) is 18.9 Å². The van der Waals surface area contributed by atoms with Crippen LogP contribution in [-0.4, -0.2) is 72.5 Å². The standard InChI is InChI=1S/C37H58N2O8/c1-3-5-6-7-8-9-10-11-12-13-14-15-16-17-18-19-20-21-22-26-34(42)38-29-24-23-25-33(37(45)47-32(30-40)31-41)39-35(43)27-28-36(44)46-4-2/h5-6,8-9,11-12,14-15,17-18,27-28,32-33,40-41H,3-4,7,10,13,16,19-26,29-31H2,1-2H3,(H,38,42)(H,39,43). The van der Waals surface area contributed by atoms with E-state index < -0.39 is 43.2 Å². The molecule has 0 aliphatic heterocycles. The van der Waals surface area contributed by atoms with E-state index in [1.807, 2.05) is 0 Å². The summed E-state index contributed by atoms with van der Waals surface area (Å²) in [5, 5.41) is 23.7. The fourth-order valence-corrected chi connectivity index (χ4v) is 4.06. The van der Waals surface area contributed by atoms with Crippen LogP contribution in [0.3, 0.4) is 0 Å². The lowest BCUT2D eigenvalue weighted by Gasteiger charge is -2.20. The number of rotatable bonds is 28. The van der Waals surface area contributed by atoms with E-state index in [9.17, 15) is 29.4 Å². The molecule has 1 atom stereocenters. The van der Waals surface area contributed by atoms with Crippen LogP contribution in [0, 0.1) is 0 Å². The van der Waals surface area contributed by atoms with Gasteiger partial charge in [-0.3, -0.25) is 9.59 Å². The van der Waals surface area contributed by atoms with E-state index in [0.29, 0.717) is 25.8 Å². The molecule has 2 amide bonds. The summed E-state index contributed by atoms with van der Waals surface area (Å²) in [6.07, 6.45) is 33.1. The molecule has 4 N–H and O–H groups in total. The highest BCUT2D eigenvalue weighted by atomic mass is 16.6. The van der Waals surface area contributed by atoms with E-state index in [0.717, 1.165) is 69.9 Å². The van der Waals surface area contributed by atoms with Crippen LogP contribution in [0.2, 0.25) is 0 Å². The summed E-state index contributed by atoms with van der Waals surface area (Å²) in [5.74, 6) is -2.23. The Morgan fingerprint density at radius 2 is 1.30 bits per heavy atom. The van der Waals surface area contributed by atoms with Crippen molar-refractivity contribution in [1.29, 1.82) is 0 Å². The Morgan fingerprint density at radius 1 is 0.702 bits per heavy atom. The molecule has 264 valence electrons. The zero-order valence-corrected chi connectivity index (χ0v) is 28.4. The van der Waals surface area contributed by atoms with Crippen LogP contribution in [0.25, 0.3) is 0 Å². The smallest absolute Gasteiger partial charge is 0.330 e. The van der Waals surface area contributed by atoms with Gasteiger partial charge < -0.3 is 30.3 Å². The van der Waals surface area contributed by atoms with Gasteiger partial charge in [-0.25, -0.2) is 9.59 Å². The van der Waals surface area contributed by atoms with Crippen molar-refractivity contribution in [2.45, 2.75) is 109 Å². The van der Waals surface area contributed by atoms with Gasteiger partial charge in [0, 0.05) is 25.1 Å². The molecule has 0 aromatic rings. The van der Waals surface area contributed by atoms with Gasteiger partial charge in [0.25, 0.3) is 0 Å². The number of carbonyl (C=O) groups is 4. The number of hydrogen-bond donors (Lipinski definition) is 4. The molecule has 10 nitrogen and oxygen atoms in total. The summed E-state index contributed by atoms with van der Waals surface area (Å²) < 4.78 is 9.77. The summed E-state index contributed by atoms with van der Waals surface area (Å²) >= 11 is 0. The van der Waals surface area contributed by atoms with E-state index in [1.54, 1.807) is 6.92 Å². The number of nitrogens with one attached hydrogen (secondary N) is 2. The molecule has 0 fully saturated rings. The van der Waals surface area contributed by atoms with Gasteiger partial charge in [-0.05, 0) is 77.6 Å². The van der Waals surface area contributed by atoms with Gasteiger partial charge in [0.2, 0.25) is 11.8 Å². The summed E-state index contributed by atoms with van der Waals surface area (Å²) in [4.78, 5) is 48.3. The van der Waals surface area contributed by atoms with Crippen LogP contribution in [0.4, 0.5) is 0 Å². The van der Waals surface area contributed by atoms with Gasteiger partial charge in [-0.15, -0.1) is 0 Å². The third-order valence-electron chi connectivity index (χ3n) is 6.62. The summed E-state index contributed by atoms with van der Waals surface area (Å²) in [6.45, 7) is 3.22. The maximum Gasteiger partial charge on any atom is 0.330 e. The quantitative estimate of drug-likeness (QED) is 0.0374. The third-order valence-corrected chi connectivity index (χ3v) is 6.62. The van der Waals surface area contributed by atoms with Gasteiger partial charge in [0.1, 0.15) is 12.1 Å². The number of esters is 2. The Labute approximate surface area is 281 Å². The van der Waals surface area contributed by atoms with Gasteiger partial charge in [0.05, 0.1) is 19.8 Å². The van der Waals surface area contributed by atoms with Crippen molar-refractivity contribution in [2.75, 3.05) is 26.4 Å². The molecule has 10 heteroatoms. The molecule has 0 aliphatic carbocycles. The highest BCUT2D eigenvalue weighted by Crippen LogP contribution is 2.07. The van der Waals surface area contributed by atoms with Crippen LogP contribution in [0.15, 0.2) is 72.9 Å². The van der Waals surface area contributed by atoms with Crippen molar-refractivity contribution < 1.29 is 38.9 Å². The predicted molar refractivity (Wildman–Crippen MR) is 186 cm³/mol. The van der Waals surface area contributed by atoms with E-state index >= 15 is 0 Å².